The number of benzene rings is 2. The number of halogens is 3. The zero-order chi connectivity index (χ0) is 14.9. The van der Waals surface area contributed by atoms with Gasteiger partial charge in [-0.15, -0.1) is 0 Å². The topological polar surface area (TPSA) is 72.2 Å². The quantitative estimate of drug-likeness (QED) is 0.767. The van der Waals surface area contributed by atoms with E-state index in [1.807, 2.05) is 0 Å². The molecule has 0 aliphatic rings. The van der Waals surface area contributed by atoms with Crippen molar-refractivity contribution in [1.29, 1.82) is 0 Å². The van der Waals surface area contributed by atoms with Crippen LogP contribution in [0.5, 0.6) is 0 Å². The van der Waals surface area contributed by atoms with Gasteiger partial charge in [0.2, 0.25) is 0 Å². The molecule has 0 aliphatic carbocycles. The van der Waals surface area contributed by atoms with Gasteiger partial charge in [-0.1, -0.05) is 29.3 Å². The van der Waals surface area contributed by atoms with Crippen LogP contribution in [-0.4, -0.2) is 8.42 Å². The molecule has 0 saturated heterocycles. The molecule has 2 rings (SSSR count). The molecule has 0 atom stereocenters. The van der Waals surface area contributed by atoms with Crippen LogP contribution in [0.2, 0.25) is 10.0 Å². The van der Waals surface area contributed by atoms with E-state index in [9.17, 15) is 8.42 Å². The second-order valence-electron chi connectivity index (χ2n) is 3.90. The van der Waals surface area contributed by atoms with E-state index in [0.29, 0.717) is 20.9 Å². The van der Waals surface area contributed by atoms with Gasteiger partial charge < -0.3 is 5.73 Å². The molecule has 0 radical (unpaired) electrons. The van der Waals surface area contributed by atoms with Crippen molar-refractivity contribution in [2.75, 3.05) is 10.5 Å². The lowest BCUT2D eigenvalue weighted by Crippen LogP contribution is -2.14. The van der Waals surface area contributed by atoms with Crippen LogP contribution in [0.1, 0.15) is 0 Å². The fraction of sp³-hybridized carbons (Fsp3) is 0. The van der Waals surface area contributed by atoms with E-state index in [2.05, 4.69) is 20.7 Å². The Balaban J connectivity index is 2.46. The molecule has 2 aromatic carbocycles. The third-order valence-corrected chi connectivity index (χ3v) is 5.69. The van der Waals surface area contributed by atoms with E-state index < -0.39 is 10.0 Å². The van der Waals surface area contributed by atoms with Gasteiger partial charge in [0, 0.05) is 5.69 Å². The highest BCUT2D eigenvalue weighted by atomic mass is 79.9. The predicted molar refractivity (Wildman–Crippen MR) is 85.8 cm³/mol. The van der Waals surface area contributed by atoms with Crippen molar-refractivity contribution in [2.24, 2.45) is 0 Å². The number of rotatable bonds is 3. The van der Waals surface area contributed by atoms with E-state index >= 15 is 0 Å². The lowest BCUT2D eigenvalue weighted by atomic mass is 10.3. The van der Waals surface area contributed by atoms with Crippen LogP contribution in [0.15, 0.2) is 45.8 Å². The normalized spacial score (nSPS) is 11.3. The SMILES string of the molecule is Nc1ccc(Cl)c(S(=O)(=O)Nc2cccc(Cl)c2Br)c1. The standard InChI is InChI=1S/C12H9BrCl2N2O2S/c13-12-9(15)2-1-3-10(12)17-20(18,19)11-6-7(16)4-5-8(11)14/h1-6,17H,16H2. The maximum absolute atomic E-state index is 12.3. The number of anilines is 2. The Morgan fingerprint density at radius 2 is 1.80 bits per heavy atom. The summed E-state index contributed by atoms with van der Waals surface area (Å²) in [5, 5.41) is 0.480. The molecule has 2 aromatic rings. The second-order valence-corrected chi connectivity index (χ2v) is 7.15. The van der Waals surface area contributed by atoms with E-state index in [1.54, 1.807) is 18.2 Å². The lowest BCUT2D eigenvalue weighted by Gasteiger charge is -2.12. The number of hydrogen-bond acceptors (Lipinski definition) is 3. The molecule has 0 amide bonds. The summed E-state index contributed by atoms with van der Waals surface area (Å²) >= 11 is 15.0. The largest absolute Gasteiger partial charge is 0.399 e. The van der Waals surface area contributed by atoms with Crippen LogP contribution < -0.4 is 10.5 Å². The molecule has 106 valence electrons. The summed E-state index contributed by atoms with van der Waals surface area (Å²) in [4.78, 5) is -0.0916. The van der Waals surface area contributed by atoms with Gasteiger partial charge in [-0.3, -0.25) is 4.72 Å². The third-order valence-electron chi connectivity index (χ3n) is 2.44. The van der Waals surface area contributed by atoms with Gasteiger partial charge in [-0.2, -0.15) is 0 Å². The smallest absolute Gasteiger partial charge is 0.263 e. The summed E-state index contributed by atoms with van der Waals surface area (Å²) in [7, 11) is -3.86. The molecule has 0 heterocycles. The fourth-order valence-electron chi connectivity index (χ4n) is 1.51. The number of nitrogens with two attached hydrogens (primary N) is 1. The molecule has 0 bridgehead atoms. The van der Waals surface area contributed by atoms with Crippen molar-refractivity contribution in [3.05, 3.63) is 50.9 Å². The van der Waals surface area contributed by atoms with Crippen molar-refractivity contribution in [3.8, 4) is 0 Å². The van der Waals surface area contributed by atoms with E-state index in [0.717, 1.165) is 0 Å². The highest BCUT2D eigenvalue weighted by Crippen LogP contribution is 2.33. The van der Waals surface area contributed by atoms with Crippen LogP contribution in [0.4, 0.5) is 11.4 Å². The average Bonchev–Trinajstić information content (AvgIpc) is 2.37. The first kappa shape index (κ1) is 15.4. The first-order chi connectivity index (χ1) is 9.31. The molecule has 0 aliphatic heterocycles. The van der Waals surface area contributed by atoms with Crippen LogP contribution in [0.3, 0.4) is 0 Å². The first-order valence-corrected chi connectivity index (χ1v) is 8.36. The van der Waals surface area contributed by atoms with Crippen molar-refractivity contribution in [2.45, 2.75) is 4.90 Å². The first-order valence-electron chi connectivity index (χ1n) is 5.33. The fourth-order valence-corrected chi connectivity index (χ4v) is 3.79. The van der Waals surface area contributed by atoms with Crippen molar-refractivity contribution < 1.29 is 8.42 Å². The summed E-state index contributed by atoms with van der Waals surface area (Å²) in [5.74, 6) is 0. The summed E-state index contributed by atoms with van der Waals surface area (Å²) in [5.41, 5.74) is 6.21. The Labute approximate surface area is 135 Å². The van der Waals surface area contributed by atoms with Gasteiger partial charge in [0.1, 0.15) is 4.90 Å². The van der Waals surface area contributed by atoms with Gasteiger partial charge in [-0.25, -0.2) is 8.42 Å². The zero-order valence-electron chi connectivity index (χ0n) is 9.90. The number of nitrogens with one attached hydrogen (secondary N) is 1. The van der Waals surface area contributed by atoms with Crippen molar-refractivity contribution in [3.63, 3.8) is 0 Å². The van der Waals surface area contributed by atoms with Crippen molar-refractivity contribution >= 4 is 60.5 Å². The van der Waals surface area contributed by atoms with Gasteiger partial charge in [0.05, 0.1) is 20.2 Å². The molecule has 0 fully saturated rings. The zero-order valence-corrected chi connectivity index (χ0v) is 13.8. The minimum atomic E-state index is -3.86. The molecular weight excluding hydrogens is 387 g/mol. The minimum Gasteiger partial charge on any atom is -0.399 e. The molecular formula is C12H9BrCl2N2O2S. The maximum atomic E-state index is 12.3. The number of hydrogen-bond donors (Lipinski definition) is 2. The number of sulfonamides is 1. The van der Waals surface area contributed by atoms with E-state index in [1.165, 1.54) is 18.2 Å². The molecule has 0 saturated carbocycles. The third kappa shape index (κ3) is 3.20. The molecule has 8 heteroatoms. The summed E-state index contributed by atoms with van der Waals surface area (Å²) in [6, 6.07) is 9.09. The molecule has 0 aromatic heterocycles. The van der Waals surface area contributed by atoms with Gasteiger partial charge >= 0.3 is 0 Å². The van der Waals surface area contributed by atoms with Gasteiger partial charge in [0.15, 0.2) is 0 Å². The Bertz CT molecular complexity index is 766. The van der Waals surface area contributed by atoms with Crippen molar-refractivity contribution in [1.82, 2.24) is 0 Å². The Hall–Kier alpha value is -0.950. The van der Waals surface area contributed by atoms with Gasteiger partial charge in [-0.05, 0) is 46.3 Å². The van der Waals surface area contributed by atoms with Crippen LogP contribution >= 0.6 is 39.1 Å². The molecule has 3 N–H and O–H groups in total. The van der Waals surface area contributed by atoms with E-state index in [-0.39, 0.29) is 9.92 Å². The molecule has 4 nitrogen and oxygen atoms in total. The highest BCUT2D eigenvalue weighted by Gasteiger charge is 2.20. The molecule has 0 spiro atoms. The van der Waals surface area contributed by atoms with Crippen LogP contribution in [-0.2, 0) is 10.0 Å². The molecule has 0 unspecified atom stereocenters. The summed E-state index contributed by atoms with van der Waals surface area (Å²) < 4.78 is 27.5. The average molecular weight is 396 g/mol. The second kappa shape index (κ2) is 5.81. The van der Waals surface area contributed by atoms with Gasteiger partial charge in [0.25, 0.3) is 10.0 Å². The summed E-state index contributed by atoms with van der Waals surface area (Å²) in [6.07, 6.45) is 0. The minimum absolute atomic E-state index is 0.0878. The predicted octanol–water partition coefficient (Wildman–Crippen LogP) is 4.14. The molecule has 20 heavy (non-hydrogen) atoms. The van der Waals surface area contributed by atoms with E-state index in [4.69, 9.17) is 28.9 Å². The Morgan fingerprint density at radius 3 is 2.50 bits per heavy atom. The lowest BCUT2D eigenvalue weighted by molar-refractivity contribution is 0.601. The maximum Gasteiger partial charge on any atom is 0.263 e. The van der Waals surface area contributed by atoms with Crippen LogP contribution in [0.25, 0.3) is 0 Å². The monoisotopic (exact) mass is 394 g/mol. The number of nitrogen functional groups attached to an aromatic ring is 1. The Kier molecular flexibility index (Phi) is 4.49. The highest BCUT2D eigenvalue weighted by molar-refractivity contribution is 9.10. The Morgan fingerprint density at radius 1 is 1.10 bits per heavy atom. The van der Waals surface area contributed by atoms with Crippen LogP contribution in [0, 0.1) is 0 Å². The summed E-state index contributed by atoms with van der Waals surface area (Å²) in [6.45, 7) is 0.